The zero-order chi connectivity index (χ0) is 32.1. The Morgan fingerprint density at radius 2 is 0.841 bits per heavy atom. The first-order chi connectivity index (χ1) is 20.9. The van der Waals surface area contributed by atoms with Crippen molar-refractivity contribution in [1.82, 2.24) is 0 Å². The molecule has 44 heavy (non-hydrogen) atoms. The number of ether oxygens (including phenoxy) is 2. The third-order valence-corrected chi connectivity index (χ3v) is 6.84. The molecule has 0 aromatic heterocycles. The Morgan fingerprint density at radius 3 is 1.20 bits per heavy atom. The number of allylic oxidation sites excluding steroid dienone is 1. The second kappa shape index (κ2) is 11.3. The number of hydrogen-bond donors (Lipinski definition) is 0. The zero-order valence-corrected chi connectivity index (χ0v) is 22.2. The molecule has 5 rings (SSSR count). The minimum atomic E-state index is -5.05. The maximum atomic E-state index is 15.5. The molecule has 4 aromatic carbocycles. The highest BCUT2D eigenvalue weighted by Gasteiger charge is 2.60. The molecular formula is C29H15BF10O4. The quantitative estimate of drug-likeness (QED) is 0.0848. The van der Waals surface area contributed by atoms with Crippen LogP contribution in [-0.2, 0) is 4.65 Å². The molecule has 0 aliphatic carbocycles. The highest BCUT2D eigenvalue weighted by atomic mass is 19.2. The van der Waals surface area contributed by atoms with E-state index in [0.717, 1.165) is 6.08 Å². The first-order valence-corrected chi connectivity index (χ1v) is 12.3. The van der Waals surface area contributed by atoms with E-state index in [1.165, 1.54) is 62.8 Å². The molecule has 0 saturated carbocycles. The van der Waals surface area contributed by atoms with Gasteiger partial charge in [0.15, 0.2) is 34.9 Å². The van der Waals surface area contributed by atoms with E-state index in [4.69, 9.17) is 18.5 Å². The Balaban J connectivity index is 1.97. The van der Waals surface area contributed by atoms with Crippen LogP contribution in [0.5, 0.6) is 11.5 Å². The van der Waals surface area contributed by atoms with Gasteiger partial charge in [0, 0.05) is 16.5 Å². The van der Waals surface area contributed by atoms with Crippen molar-refractivity contribution in [3.8, 4) is 11.5 Å². The standard InChI is InChI=1S/C29H15BF10O4/c1-41-14-7-3-12(4-8-14)16-11-17(13-5-9-15(42-2)10-6-13)44-30(43-16,18-20(31)24(35)28(39)25(36)21(18)32)19-22(33)26(37)29(40)27(38)23(19)34/h3-11H,1-2H3. The van der Waals surface area contributed by atoms with Crippen molar-refractivity contribution in [3.05, 3.63) is 124 Å². The summed E-state index contributed by atoms with van der Waals surface area (Å²) in [6.07, 6.45) is 1.02. The first kappa shape index (κ1) is 30.5. The second-order valence-corrected chi connectivity index (χ2v) is 9.24. The van der Waals surface area contributed by atoms with Crippen LogP contribution in [0.25, 0.3) is 5.76 Å². The summed E-state index contributed by atoms with van der Waals surface area (Å²) in [7, 11) is 2.63. The molecule has 0 fully saturated rings. The van der Waals surface area contributed by atoms with Crippen molar-refractivity contribution in [2.24, 2.45) is 0 Å². The zero-order valence-electron chi connectivity index (χ0n) is 22.2. The average molecular weight is 628 g/mol. The van der Waals surface area contributed by atoms with E-state index in [1.54, 1.807) is 0 Å². The van der Waals surface area contributed by atoms with E-state index < -0.39 is 87.2 Å². The Kier molecular flexibility index (Phi) is 7.82. The van der Waals surface area contributed by atoms with Gasteiger partial charge in [0.05, 0.1) is 31.6 Å². The predicted octanol–water partition coefficient (Wildman–Crippen LogP) is 6.14. The third kappa shape index (κ3) is 4.72. The smallest absolute Gasteiger partial charge is 0.625 e. The monoisotopic (exact) mass is 628 g/mol. The fraction of sp³-hybridized carbons (Fsp3) is 0.0690. The van der Waals surface area contributed by atoms with Crippen LogP contribution in [0.2, 0.25) is 0 Å². The molecule has 1 aliphatic heterocycles. The van der Waals surface area contributed by atoms with E-state index in [2.05, 4.69) is 0 Å². The van der Waals surface area contributed by atoms with Gasteiger partial charge in [-0.25, -0.2) is 43.9 Å². The molecular weight excluding hydrogens is 613 g/mol. The molecule has 1 aliphatic rings. The van der Waals surface area contributed by atoms with Crippen LogP contribution in [-0.4, -0.2) is 26.6 Å². The van der Waals surface area contributed by atoms with Crippen LogP contribution in [0.1, 0.15) is 15.5 Å². The summed E-state index contributed by atoms with van der Waals surface area (Å²) in [5, 5.41) is 0. The van der Waals surface area contributed by atoms with E-state index in [0.29, 0.717) is 0 Å². The minimum Gasteiger partial charge on any atom is -0.625 e. The summed E-state index contributed by atoms with van der Waals surface area (Å²) >= 11 is 0. The molecule has 0 saturated heterocycles. The van der Waals surface area contributed by atoms with Crippen LogP contribution < -0.4 is 20.4 Å². The van der Waals surface area contributed by atoms with Gasteiger partial charge in [0.2, 0.25) is 0 Å². The molecule has 4 aromatic rings. The summed E-state index contributed by atoms with van der Waals surface area (Å²) < 4.78 is 170. The minimum absolute atomic E-state index is 0.0564. The van der Waals surface area contributed by atoms with Gasteiger partial charge in [-0.05, 0) is 48.5 Å². The molecule has 0 spiro atoms. The lowest BCUT2D eigenvalue weighted by atomic mass is 9.45. The van der Waals surface area contributed by atoms with Crippen molar-refractivity contribution < 1.29 is 62.4 Å². The van der Waals surface area contributed by atoms with E-state index >= 15 is 17.6 Å². The van der Waals surface area contributed by atoms with E-state index in [-0.39, 0.29) is 22.6 Å². The van der Waals surface area contributed by atoms with Gasteiger partial charge in [0.1, 0.15) is 34.8 Å². The van der Waals surface area contributed by atoms with Gasteiger partial charge in [-0.2, -0.15) is 0 Å². The molecule has 0 atom stereocenters. The van der Waals surface area contributed by atoms with Crippen LogP contribution in [0.3, 0.4) is 0 Å². The maximum absolute atomic E-state index is 15.5. The normalized spacial score (nSPS) is 14.1. The molecule has 0 N–H and O–H groups in total. The van der Waals surface area contributed by atoms with Crippen LogP contribution in [0.4, 0.5) is 43.9 Å². The summed E-state index contributed by atoms with van der Waals surface area (Å²) in [5.41, 5.74) is -4.40. The lowest BCUT2D eigenvalue weighted by Crippen LogP contribution is -2.66. The summed E-state index contributed by atoms with van der Waals surface area (Å²) in [6.45, 7) is -5.05. The van der Waals surface area contributed by atoms with Crippen molar-refractivity contribution in [3.63, 3.8) is 0 Å². The number of methoxy groups -OCH3 is 2. The van der Waals surface area contributed by atoms with Gasteiger partial charge in [-0.15, -0.1) is 0 Å². The van der Waals surface area contributed by atoms with Crippen molar-refractivity contribution in [2.45, 2.75) is 0 Å². The molecule has 0 unspecified atom stereocenters. The van der Waals surface area contributed by atoms with Crippen LogP contribution >= 0.6 is 0 Å². The Hall–Kier alpha value is -4.95. The Labute approximate surface area is 241 Å². The SMILES string of the molecule is COc1ccc(C2=CC(c3ccc(OC)cc3)=[O+][B-](c3c(F)c(F)c(F)c(F)c3F)(c3c(F)c(F)c(F)c(F)c3F)O2)cc1. The van der Waals surface area contributed by atoms with Gasteiger partial charge >= 0.3 is 6.55 Å². The number of halogens is 10. The van der Waals surface area contributed by atoms with Gasteiger partial charge in [0.25, 0.3) is 5.78 Å². The molecule has 0 amide bonds. The number of benzene rings is 4. The summed E-state index contributed by atoms with van der Waals surface area (Å²) in [4.78, 5) is 0. The molecule has 4 nitrogen and oxygen atoms in total. The highest BCUT2D eigenvalue weighted by Crippen LogP contribution is 2.33. The lowest BCUT2D eigenvalue weighted by Gasteiger charge is -2.34. The summed E-state index contributed by atoms with van der Waals surface area (Å²) in [5.74, 6) is -27.3. The first-order valence-electron chi connectivity index (χ1n) is 12.3. The number of carbonyl (C=O) groups excluding carboxylic acids is 1. The van der Waals surface area contributed by atoms with Gasteiger partial charge in [-0.3, -0.25) is 0 Å². The average Bonchev–Trinajstić information content (AvgIpc) is 3.04. The number of rotatable bonds is 6. The van der Waals surface area contributed by atoms with E-state index in [9.17, 15) is 26.3 Å². The number of ketones is 1. The summed E-state index contributed by atoms with van der Waals surface area (Å²) in [6, 6.07) is 10.4. The third-order valence-electron chi connectivity index (χ3n) is 6.84. The molecule has 1 heterocycles. The largest absolute Gasteiger partial charge is 0.661 e. The predicted molar refractivity (Wildman–Crippen MR) is 137 cm³/mol. The van der Waals surface area contributed by atoms with Crippen molar-refractivity contribution in [2.75, 3.05) is 14.2 Å². The fourth-order valence-corrected chi connectivity index (χ4v) is 4.67. The Bertz CT molecular complexity index is 1730. The van der Waals surface area contributed by atoms with Crippen LogP contribution in [0, 0.1) is 58.2 Å². The van der Waals surface area contributed by atoms with Crippen LogP contribution in [0.15, 0.2) is 54.6 Å². The van der Waals surface area contributed by atoms with Crippen molar-refractivity contribution in [1.29, 1.82) is 0 Å². The molecule has 15 heteroatoms. The van der Waals surface area contributed by atoms with E-state index in [1.807, 2.05) is 0 Å². The lowest BCUT2D eigenvalue weighted by molar-refractivity contribution is -0.125. The fourth-order valence-electron chi connectivity index (χ4n) is 4.67. The van der Waals surface area contributed by atoms with Gasteiger partial charge < -0.3 is 18.5 Å². The molecule has 0 radical (unpaired) electrons. The Morgan fingerprint density at radius 1 is 0.500 bits per heavy atom. The molecule has 228 valence electrons. The molecule has 0 bridgehead atoms. The van der Waals surface area contributed by atoms with Crippen molar-refractivity contribution >= 4 is 29.0 Å². The highest BCUT2D eigenvalue weighted by molar-refractivity contribution is 6.92. The second-order valence-electron chi connectivity index (χ2n) is 9.24. The van der Waals surface area contributed by atoms with Gasteiger partial charge in [-0.1, -0.05) is 0 Å². The maximum Gasteiger partial charge on any atom is 0.661 e. The number of hydrogen-bond acceptors (Lipinski definition) is 3. The topological polar surface area (TPSA) is 39.0 Å².